The smallest absolute Gasteiger partial charge is 0.138 e. The van der Waals surface area contributed by atoms with E-state index in [1.165, 1.54) is 49.2 Å². The minimum Gasteiger partial charge on any atom is -0.356 e. The van der Waals surface area contributed by atoms with Crippen molar-refractivity contribution in [3.8, 4) is 0 Å². The van der Waals surface area contributed by atoms with Crippen LogP contribution >= 0.6 is 0 Å². The van der Waals surface area contributed by atoms with Gasteiger partial charge in [-0.15, -0.1) is 0 Å². The molecule has 172 valence electrons. The number of fused-ring (bicyclic) bond motifs is 2. The second-order valence-corrected chi connectivity index (χ2v) is 9.55. The van der Waals surface area contributed by atoms with Crippen LogP contribution < -0.4 is 10.2 Å². The molecule has 0 radical (unpaired) electrons. The molecule has 4 heterocycles. The van der Waals surface area contributed by atoms with E-state index in [0.717, 1.165) is 31.0 Å². The van der Waals surface area contributed by atoms with Crippen LogP contribution in [0.5, 0.6) is 0 Å². The van der Waals surface area contributed by atoms with Gasteiger partial charge in [-0.3, -0.25) is 9.38 Å². The second kappa shape index (κ2) is 10.5. The van der Waals surface area contributed by atoms with E-state index in [9.17, 15) is 0 Å². The third-order valence-electron chi connectivity index (χ3n) is 6.52. The number of hydrogen-bond donors (Lipinski definition) is 1. The zero-order valence-electron chi connectivity index (χ0n) is 20.1. The van der Waals surface area contributed by atoms with Crippen LogP contribution in [0.4, 0.5) is 5.82 Å². The molecule has 0 saturated carbocycles. The van der Waals surface area contributed by atoms with Crippen LogP contribution in [0, 0.1) is 0 Å². The molecule has 6 nitrogen and oxygen atoms in total. The Balaban J connectivity index is 0.000000203. The average Bonchev–Trinajstić information content (AvgIpc) is 3.45. The molecule has 2 aliphatic rings. The first-order valence-electron chi connectivity index (χ1n) is 12.1. The van der Waals surface area contributed by atoms with Gasteiger partial charge in [0.25, 0.3) is 0 Å². The van der Waals surface area contributed by atoms with Gasteiger partial charge in [0, 0.05) is 49.8 Å². The summed E-state index contributed by atoms with van der Waals surface area (Å²) in [6.07, 6.45) is 10.4. The summed E-state index contributed by atoms with van der Waals surface area (Å²) >= 11 is 0. The first-order valence-corrected chi connectivity index (χ1v) is 12.1. The summed E-state index contributed by atoms with van der Waals surface area (Å²) in [5, 5.41) is 3.44. The van der Waals surface area contributed by atoms with Crippen LogP contribution in [0.3, 0.4) is 0 Å². The maximum absolute atomic E-state index is 4.73. The van der Waals surface area contributed by atoms with E-state index in [-0.39, 0.29) is 0 Å². The Morgan fingerprint density at radius 3 is 2.72 bits per heavy atom. The molecule has 1 atom stereocenters. The molecule has 0 aromatic carbocycles. The highest BCUT2D eigenvalue weighted by molar-refractivity contribution is 5.53. The molecule has 1 aliphatic heterocycles. The first-order chi connectivity index (χ1) is 15.5. The van der Waals surface area contributed by atoms with Crippen molar-refractivity contribution < 1.29 is 0 Å². The Bertz CT molecular complexity index is 983. The molecule has 1 unspecified atom stereocenters. The number of rotatable bonds is 5. The number of aromatic nitrogens is 3. The lowest BCUT2D eigenvalue weighted by Gasteiger charge is -2.22. The number of imidazole rings is 1. The largest absolute Gasteiger partial charge is 0.356 e. The van der Waals surface area contributed by atoms with E-state index in [0.29, 0.717) is 12.1 Å². The lowest BCUT2D eigenvalue weighted by atomic mass is 9.96. The monoisotopic (exact) mass is 434 g/mol. The second-order valence-electron chi connectivity index (χ2n) is 9.55. The van der Waals surface area contributed by atoms with E-state index < -0.39 is 0 Å². The zero-order valence-corrected chi connectivity index (χ0v) is 20.1. The van der Waals surface area contributed by atoms with Crippen LogP contribution in [0.1, 0.15) is 50.1 Å². The minimum absolute atomic E-state index is 0.476. The number of nitrogens with zero attached hydrogens (tertiary/aromatic N) is 5. The molecular weight excluding hydrogens is 396 g/mol. The highest BCUT2D eigenvalue weighted by Gasteiger charge is 2.25. The summed E-state index contributed by atoms with van der Waals surface area (Å²) in [5.41, 5.74) is 4.93. The fraction of sp³-hybridized carbons (Fsp3) is 0.538. The van der Waals surface area contributed by atoms with Crippen molar-refractivity contribution in [1.29, 1.82) is 0 Å². The van der Waals surface area contributed by atoms with Gasteiger partial charge in [-0.2, -0.15) is 0 Å². The molecule has 1 aliphatic carbocycles. The molecule has 1 fully saturated rings. The van der Waals surface area contributed by atoms with Crippen LogP contribution in [0.2, 0.25) is 0 Å². The third kappa shape index (κ3) is 5.48. The van der Waals surface area contributed by atoms with E-state index in [4.69, 9.17) is 4.98 Å². The van der Waals surface area contributed by atoms with Gasteiger partial charge in [0.2, 0.25) is 0 Å². The Kier molecular flexibility index (Phi) is 7.43. The Morgan fingerprint density at radius 1 is 1.12 bits per heavy atom. The molecule has 3 aromatic rings. The van der Waals surface area contributed by atoms with Crippen LogP contribution in [-0.4, -0.2) is 58.5 Å². The summed E-state index contributed by atoms with van der Waals surface area (Å²) in [7, 11) is 4.34. The molecule has 5 rings (SSSR count). The fourth-order valence-corrected chi connectivity index (χ4v) is 4.60. The van der Waals surface area contributed by atoms with Crippen molar-refractivity contribution in [3.63, 3.8) is 0 Å². The summed E-state index contributed by atoms with van der Waals surface area (Å²) in [6.45, 7) is 7.34. The van der Waals surface area contributed by atoms with Crippen molar-refractivity contribution >= 4 is 11.5 Å². The van der Waals surface area contributed by atoms with Crippen molar-refractivity contribution in [1.82, 2.24) is 24.6 Å². The van der Waals surface area contributed by atoms with E-state index >= 15 is 0 Å². The van der Waals surface area contributed by atoms with Crippen LogP contribution in [-0.2, 0) is 19.4 Å². The number of anilines is 1. The summed E-state index contributed by atoms with van der Waals surface area (Å²) in [5.74, 6) is 1.25. The number of pyridine rings is 2. The number of aryl methyl sites for hydroxylation is 2. The predicted octanol–water partition coefficient (Wildman–Crippen LogP) is 3.93. The molecule has 1 saturated heterocycles. The quantitative estimate of drug-likeness (QED) is 0.659. The standard InChI is InChI=1S/C17H27N5.C9H11N/c1-13(2)18-10-14-11-22-16(19-14)6-5-7-17(22)21-9-8-15(12-21)20(3)4;1-2-6-9-8(4-1)5-3-7-10-9/h5-7,11,13,15,18H,8-10,12H2,1-4H3;3,5,7H,1-2,4,6H2. The highest BCUT2D eigenvalue weighted by Crippen LogP contribution is 2.24. The molecule has 3 aromatic heterocycles. The summed E-state index contributed by atoms with van der Waals surface area (Å²) in [4.78, 5) is 13.9. The zero-order chi connectivity index (χ0) is 22.5. The third-order valence-corrected chi connectivity index (χ3v) is 6.52. The highest BCUT2D eigenvalue weighted by atomic mass is 15.3. The molecule has 6 heteroatoms. The summed E-state index contributed by atoms with van der Waals surface area (Å²) < 4.78 is 2.23. The van der Waals surface area contributed by atoms with E-state index in [2.05, 4.69) is 82.9 Å². The van der Waals surface area contributed by atoms with Gasteiger partial charge in [-0.1, -0.05) is 26.0 Å². The molecular formula is C26H38N6. The molecule has 32 heavy (non-hydrogen) atoms. The topological polar surface area (TPSA) is 48.7 Å². The van der Waals surface area contributed by atoms with Gasteiger partial charge in [0.15, 0.2) is 0 Å². The molecule has 0 spiro atoms. The average molecular weight is 435 g/mol. The van der Waals surface area contributed by atoms with Gasteiger partial charge < -0.3 is 15.1 Å². The SMILES string of the molecule is CC(C)NCc1cn2c(N3CCC(N(C)C)C3)cccc2n1.c1cnc2c(c1)CCCC2. The molecule has 0 bridgehead atoms. The van der Waals surface area contributed by atoms with Crippen molar-refractivity contribution in [2.75, 3.05) is 32.1 Å². The Hall–Kier alpha value is -2.44. The van der Waals surface area contributed by atoms with Gasteiger partial charge >= 0.3 is 0 Å². The minimum atomic E-state index is 0.476. The maximum Gasteiger partial charge on any atom is 0.138 e. The predicted molar refractivity (Wildman–Crippen MR) is 132 cm³/mol. The number of nitrogens with one attached hydrogen (secondary N) is 1. The molecule has 0 amide bonds. The number of hydrogen-bond acceptors (Lipinski definition) is 5. The molecule has 1 N–H and O–H groups in total. The normalized spacial score (nSPS) is 18.2. The maximum atomic E-state index is 4.73. The lowest BCUT2D eigenvalue weighted by molar-refractivity contribution is 0.315. The van der Waals surface area contributed by atoms with Gasteiger partial charge in [0.05, 0.1) is 5.69 Å². The van der Waals surface area contributed by atoms with Gasteiger partial charge in [-0.25, -0.2) is 4.98 Å². The van der Waals surface area contributed by atoms with Crippen LogP contribution in [0.15, 0.2) is 42.7 Å². The van der Waals surface area contributed by atoms with Gasteiger partial charge in [-0.05, 0) is 70.0 Å². The van der Waals surface area contributed by atoms with Crippen LogP contribution in [0.25, 0.3) is 5.65 Å². The first kappa shape index (κ1) is 22.7. The Labute approximate surface area is 192 Å². The fourth-order valence-electron chi connectivity index (χ4n) is 4.60. The number of likely N-dealkylation sites (N-methyl/N-ethyl adjacent to an activating group) is 1. The van der Waals surface area contributed by atoms with Gasteiger partial charge in [0.1, 0.15) is 11.5 Å². The van der Waals surface area contributed by atoms with Crippen molar-refractivity contribution in [3.05, 3.63) is 59.7 Å². The Morgan fingerprint density at radius 2 is 1.97 bits per heavy atom. The lowest BCUT2D eigenvalue weighted by Crippen LogP contribution is -2.32. The summed E-state index contributed by atoms with van der Waals surface area (Å²) in [6, 6.07) is 11.7. The van der Waals surface area contributed by atoms with Crippen molar-refractivity contribution in [2.45, 2.75) is 64.6 Å². The van der Waals surface area contributed by atoms with Crippen molar-refractivity contribution in [2.24, 2.45) is 0 Å². The van der Waals surface area contributed by atoms with E-state index in [1.54, 1.807) is 0 Å². The van der Waals surface area contributed by atoms with E-state index in [1.807, 2.05) is 12.3 Å².